The van der Waals surface area contributed by atoms with Gasteiger partial charge in [-0.3, -0.25) is 4.79 Å². The van der Waals surface area contributed by atoms with Gasteiger partial charge < -0.3 is 19.1 Å². The maximum absolute atomic E-state index is 13.5. The van der Waals surface area contributed by atoms with Crippen LogP contribution in [-0.4, -0.2) is 50.4 Å². The van der Waals surface area contributed by atoms with Crippen LogP contribution in [0.5, 0.6) is 0 Å². The Bertz CT molecular complexity index is 1310. The Kier molecular flexibility index (Phi) is 8.24. The molecule has 0 bridgehead atoms. The summed E-state index contributed by atoms with van der Waals surface area (Å²) < 4.78 is 7.45. The van der Waals surface area contributed by atoms with Crippen molar-refractivity contribution in [3.63, 3.8) is 0 Å². The van der Waals surface area contributed by atoms with Gasteiger partial charge in [0.1, 0.15) is 5.60 Å². The van der Waals surface area contributed by atoms with Crippen LogP contribution in [0.25, 0.3) is 5.52 Å². The fourth-order valence-corrected chi connectivity index (χ4v) is 5.26. The van der Waals surface area contributed by atoms with Gasteiger partial charge in [0.15, 0.2) is 0 Å². The number of carboxylic acid groups (broad SMARTS) is 1. The molecule has 1 fully saturated rings. The highest BCUT2D eigenvalue weighted by molar-refractivity contribution is 6.09. The number of hydrogen-bond donors (Lipinski definition) is 1. The summed E-state index contributed by atoms with van der Waals surface area (Å²) in [4.78, 5) is 39.6. The molecule has 1 aromatic carbocycles. The van der Waals surface area contributed by atoms with Crippen molar-refractivity contribution in [3.05, 3.63) is 76.6 Å². The molecule has 0 radical (unpaired) electrons. The highest BCUT2D eigenvalue weighted by Gasteiger charge is 2.30. The number of carbonyl (C=O) groups excluding carboxylic acids is 2. The molecular formula is C31H38N2O5. The van der Waals surface area contributed by atoms with Crippen LogP contribution < -0.4 is 0 Å². The van der Waals surface area contributed by atoms with Gasteiger partial charge in [0, 0.05) is 29.9 Å². The first-order chi connectivity index (χ1) is 18.1. The lowest BCUT2D eigenvalue weighted by Crippen LogP contribution is -2.43. The molecule has 0 saturated heterocycles. The van der Waals surface area contributed by atoms with E-state index in [0.717, 1.165) is 49.7 Å². The molecular weight excluding hydrogens is 480 g/mol. The van der Waals surface area contributed by atoms with Gasteiger partial charge in [0.25, 0.3) is 0 Å². The zero-order chi connectivity index (χ0) is 27.4. The largest absolute Gasteiger partial charge is 0.478 e. The molecule has 7 heteroatoms. The molecule has 1 amide bonds. The molecule has 38 heavy (non-hydrogen) atoms. The summed E-state index contributed by atoms with van der Waals surface area (Å²) in [5, 5.41) is 9.31. The number of pyridine rings is 1. The van der Waals surface area contributed by atoms with Gasteiger partial charge in [-0.2, -0.15) is 0 Å². The number of carboxylic acids is 1. The van der Waals surface area contributed by atoms with E-state index in [2.05, 4.69) is 0 Å². The number of benzene rings is 1. The van der Waals surface area contributed by atoms with Crippen molar-refractivity contribution in [2.75, 3.05) is 6.54 Å². The Hall–Kier alpha value is -3.61. The number of fused-ring (bicyclic) bond motifs is 1. The van der Waals surface area contributed by atoms with Crippen LogP contribution in [0.15, 0.2) is 48.7 Å². The summed E-state index contributed by atoms with van der Waals surface area (Å²) in [6, 6.07) is 12.9. The van der Waals surface area contributed by atoms with E-state index in [9.17, 15) is 19.5 Å². The van der Waals surface area contributed by atoms with Crippen LogP contribution in [-0.2, 0) is 17.6 Å². The molecule has 0 spiro atoms. The molecule has 0 atom stereocenters. The van der Waals surface area contributed by atoms with Gasteiger partial charge in [-0.15, -0.1) is 0 Å². The van der Waals surface area contributed by atoms with Gasteiger partial charge in [-0.1, -0.05) is 44.0 Å². The molecule has 2 aromatic heterocycles. The summed E-state index contributed by atoms with van der Waals surface area (Å²) in [6.07, 6.45) is 8.06. The summed E-state index contributed by atoms with van der Waals surface area (Å²) in [5.41, 5.74) is 3.52. The van der Waals surface area contributed by atoms with Crippen molar-refractivity contribution >= 4 is 23.4 Å². The van der Waals surface area contributed by atoms with Crippen molar-refractivity contribution in [2.24, 2.45) is 0 Å². The number of rotatable bonds is 9. The molecule has 0 aliphatic heterocycles. The number of hydrogen-bond acceptors (Lipinski definition) is 4. The Morgan fingerprint density at radius 3 is 2.32 bits per heavy atom. The molecule has 2 heterocycles. The number of aromatic carboxylic acids is 1. The number of carbonyl (C=O) groups is 3. The maximum atomic E-state index is 13.5. The molecule has 1 aliphatic carbocycles. The van der Waals surface area contributed by atoms with Gasteiger partial charge in [0.2, 0.25) is 5.78 Å². The molecule has 1 aliphatic rings. The minimum absolute atomic E-state index is 0.0891. The Morgan fingerprint density at radius 2 is 1.71 bits per heavy atom. The van der Waals surface area contributed by atoms with Crippen molar-refractivity contribution in [2.45, 2.75) is 84.3 Å². The predicted octanol–water partition coefficient (Wildman–Crippen LogP) is 6.54. The Balaban J connectivity index is 1.44. The number of aryl methyl sites for hydroxylation is 2. The standard InChI is InChI=1S/C31H38N2O5/c1-5-22-19-26-20-24(29(35)36)16-18-32(26)27(22)28(34)23-14-12-21(13-15-23)9-8-17-33(25-10-6-7-11-25)30(37)38-31(2,3)4/h12-16,18-20,25H,5-11,17H2,1-4H3,(H,35,36). The highest BCUT2D eigenvalue weighted by Crippen LogP contribution is 2.26. The van der Waals surface area contributed by atoms with Crippen molar-refractivity contribution < 1.29 is 24.2 Å². The topological polar surface area (TPSA) is 88.3 Å². The van der Waals surface area contributed by atoms with E-state index in [-0.39, 0.29) is 23.5 Å². The molecule has 7 nitrogen and oxygen atoms in total. The molecule has 202 valence electrons. The monoisotopic (exact) mass is 518 g/mol. The zero-order valence-electron chi connectivity index (χ0n) is 22.8. The second kappa shape index (κ2) is 11.4. The summed E-state index contributed by atoms with van der Waals surface area (Å²) in [6.45, 7) is 8.32. The lowest BCUT2D eigenvalue weighted by molar-refractivity contribution is 0.0163. The molecule has 1 saturated carbocycles. The third kappa shape index (κ3) is 6.26. The minimum Gasteiger partial charge on any atom is -0.478 e. The number of ketones is 1. The first-order valence-electron chi connectivity index (χ1n) is 13.6. The Morgan fingerprint density at radius 1 is 1.03 bits per heavy atom. The van der Waals surface area contributed by atoms with E-state index < -0.39 is 11.6 Å². The van der Waals surface area contributed by atoms with E-state index in [1.54, 1.807) is 16.7 Å². The van der Waals surface area contributed by atoms with Crippen LogP contribution in [0.1, 0.15) is 97.3 Å². The van der Waals surface area contributed by atoms with Crippen LogP contribution in [0, 0.1) is 0 Å². The smallest absolute Gasteiger partial charge is 0.410 e. The van der Waals surface area contributed by atoms with E-state index in [4.69, 9.17) is 4.74 Å². The van der Waals surface area contributed by atoms with E-state index in [0.29, 0.717) is 29.7 Å². The number of amides is 1. The van der Waals surface area contributed by atoms with Gasteiger partial charge >= 0.3 is 12.1 Å². The average Bonchev–Trinajstić information content (AvgIpc) is 3.53. The summed E-state index contributed by atoms with van der Waals surface area (Å²) in [7, 11) is 0. The number of aromatic nitrogens is 1. The zero-order valence-corrected chi connectivity index (χ0v) is 22.8. The van der Waals surface area contributed by atoms with Gasteiger partial charge in [-0.05, 0) is 82.2 Å². The number of nitrogens with zero attached hydrogens (tertiary/aromatic N) is 2. The first-order valence-corrected chi connectivity index (χ1v) is 13.6. The average molecular weight is 519 g/mol. The third-order valence-corrected chi connectivity index (χ3v) is 7.17. The Labute approximate surface area is 224 Å². The molecule has 4 rings (SSSR count). The fraction of sp³-hybridized carbons (Fsp3) is 0.452. The van der Waals surface area contributed by atoms with Crippen molar-refractivity contribution in [1.29, 1.82) is 0 Å². The lowest BCUT2D eigenvalue weighted by atomic mass is 10.0. The summed E-state index contributed by atoms with van der Waals surface area (Å²) >= 11 is 0. The van der Waals surface area contributed by atoms with E-state index >= 15 is 0 Å². The van der Waals surface area contributed by atoms with Gasteiger partial charge in [0.05, 0.1) is 11.3 Å². The van der Waals surface area contributed by atoms with Crippen LogP contribution in [0.2, 0.25) is 0 Å². The van der Waals surface area contributed by atoms with Crippen LogP contribution in [0.4, 0.5) is 4.79 Å². The van der Waals surface area contributed by atoms with Gasteiger partial charge in [-0.25, -0.2) is 9.59 Å². The second-order valence-corrected chi connectivity index (χ2v) is 11.1. The third-order valence-electron chi connectivity index (χ3n) is 7.17. The van der Waals surface area contributed by atoms with Crippen molar-refractivity contribution in [3.8, 4) is 0 Å². The SMILES string of the molecule is CCc1cc2cc(C(=O)O)ccn2c1C(=O)c1ccc(CCCN(C(=O)OC(C)(C)C)C2CCCC2)cc1. The normalized spacial score (nSPS) is 14.1. The minimum atomic E-state index is -0.993. The van der Waals surface area contributed by atoms with Crippen LogP contribution >= 0.6 is 0 Å². The number of ether oxygens (including phenoxy) is 1. The lowest BCUT2D eigenvalue weighted by Gasteiger charge is -2.31. The molecule has 0 unspecified atom stereocenters. The first kappa shape index (κ1) is 27.4. The predicted molar refractivity (Wildman–Crippen MR) is 147 cm³/mol. The highest BCUT2D eigenvalue weighted by atomic mass is 16.6. The summed E-state index contributed by atoms with van der Waals surface area (Å²) in [5.74, 6) is -1.08. The second-order valence-electron chi connectivity index (χ2n) is 11.1. The molecule has 3 aromatic rings. The van der Waals surface area contributed by atoms with Crippen molar-refractivity contribution in [1.82, 2.24) is 9.30 Å². The van der Waals surface area contributed by atoms with E-state index in [1.165, 1.54) is 6.07 Å². The quantitative estimate of drug-likeness (QED) is 0.325. The van der Waals surface area contributed by atoms with Crippen LogP contribution in [0.3, 0.4) is 0 Å². The molecule has 1 N–H and O–H groups in total. The van der Waals surface area contributed by atoms with E-state index in [1.807, 2.05) is 62.9 Å². The fourth-order valence-electron chi connectivity index (χ4n) is 5.26. The maximum Gasteiger partial charge on any atom is 0.410 e.